The number of rotatable bonds is 9. The molecule has 24 heavy (non-hydrogen) atoms. The lowest BCUT2D eigenvalue weighted by molar-refractivity contribution is -0.145. The number of hydrogen-bond donors (Lipinski definition) is 1. The van der Waals surface area contributed by atoms with Crippen LogP contribution in [0, 0.1) is 10.8 Å². The van der Waals surface area contributed by atoms with Crippen molar-refractivity contribution < 1.29 is 14.6 Å². The SMILES string of the molecule is CC(C)(C)C(C)(C)CCCCOC(=O)CN1CCN(CCO)CC1. The Morgan fingerprint density at radius 1 is 1.00 bits per heavy atom. The minimum Gasteiger partial charge on any atom is -0.465 e. The summed E-state index contributed by atoms with van der Waals surface area (Å²) in [5.41, 5.74) is 0.590. The summed E-state index contributed by atoms with van der Waals surface area (Å²) in [5.74, 6) is -0.110. The number of ether oxygens (including phenoxy) is 1. The Morgan fingerprint density at radius 3 is 2.12 bits per heavy atom. The third-order valence-corrected chi connectivity index (χ3v) is 5.72. The smallest absolute Gasteiger partial charge is 0.320 e. The predicted molar refractivity (Wildman–Crippen MR) is 98.0 cm³/mol. The number of nitrogens with zero attached hydrogens (tertiary/aromatic N) is 2. The number of β-amino-alcohol motifs (C(OH)–C–C–N with tert-alkyl or cyclic N) is 1. The van der Waals surface area contributed by atoms with E-state index in [4.69, 9.17) is 9.84 Å². The van der Waals surface area contributed by atoms with E-state index in [0.29, 0.717) is 24.0 Å². The molecule has 0 saturated carbocycles. The molecular weight excluding hydrogens is 304 g/mol. The summed E-state index contributed by atoms with van der Waals surface area (Å²) in [7, 11) is 0. The number of aliphatic hydroxyl groups is 1. The molecule has 0 radical (unpaired) electrons. The molecule has 5 nitrogen and oxygen atoms in total. The molecule has 1 aliphatic heterocycles. The summed E-state index contributed by atoms with van der Waals surface area (Å²) in [6, 6.07) is 0. The minimum absolute atomic E-state index is 0.110. The van der Waals surface area contributed by atoms with Crippen molar-refractivity contribution >= 4 is 5.97 Å². The van der Waals surface area contributed by atoms with Crippen LogP contribution in [0.2, 0.25) is 0 Å². The summed E-state index contributed by atoms with van der Waals surface area (Å²) in [4.78, 5) is 16.3. The van der Waals surface area contributed by atoms with E-state index in [-0.39, 0.29) is 12.6 Å². The van der Waals surface area contributed by atoms with Crippen molar-refractivity contribution in [3.8, 4) is 0 Å². The molecule has 0 bridgehead atoms. The van der Waals surface area contributed by atoms with Crippen LogP contribution >= 0.6 is 0 Å². The van der Waals surface area contributed by atoms with Crippen LogP contribution in [0.5, 0.6) is 0 Å². The monoisotopic (exact) mass is 342 g/mol. The number of piperazine rings is 1. The maximum atomic E-state index is 11.9. The molecule has 1 saturated heterocycles. The van der Waals surface area contributed by atoms with Gasteiger partial charge in [0.2, 0.25) is 0 Å². The predicted octanol–water partition coefficient (Wildman–Crippen LogP) is 2.38. The third-order valence-electron chi connectivity index (χ3n) is 5.72. The second-order valence-electron chi connectivity index (χ2n) is 8.65. The Bertz CT molecular complexity index is 369. The maximum absolute atomic E-state index is 11.9. The Balaban J connectivity index is 2.11. The van der Waals surface area contributed by atoms with Gasteiger partial charge in [-0.05, 0) is 30.1 Å². The van der Waals surface area contributed by atoms with Crippen LogP contribution in [0.25, 0.3) is 0 Å². The van der Waals surface area contributed by atoms with E-state index in [1.54, 1.807) is 0 Å². The molecule has 0 amide bonds. The van der Waals surface area contributed by atoms with Gasteiger partial charge < -0.3 is 9.84 Å². The van der Waals surface area contributed by atoms with Crippen molar-refractivity contribution in [2.45, 2.75) is 53.9 Å². The van der Waals surface area contributed by atoms with E-state index < -0.39 is 0 Å². The van der Waals surface area contributed by atoms with Gasteiger partial charge >= 0.3 is 5.97 Å². The van der Waals surface area contributed by atoms with Crippen molar-refractivity contribution in [2.24, 2.45) is 10.8 Å². The quantitative estimate of drug-likeness (QED) is 0.515. The number of carbonyl (C=O) groups excluding carboxylic acids is 1. The van der Waals surface area contributed by atoms with Crippen LogP contribution < -0.4 is 0 Å². The fourth-order valence-electron chi connectivity index (χ4n) is 2.77. The van der Waals surface area contributed by atoms with Crippen molar-refractivity contribution in [2.75, 3.05) is 52.5 Å². The molecule has 0 unspecified atom stereocenters. The van der Waals surface area contributed by atoms with E-state index in [2.05, 4.69) is 44.4 Å². The average Bonchev–Trinajstić information content (AvgIpc) is 2.48. The summed E-state index contributed by atoms with van der Waals surface area (Å²) in [6.45, 7) is 16.9. The van der Waals surface area contributed by atoms with Gasteiger partial charge in [-0.2, -0.15) is 0 Å². The molecule has 0 aliphatic carbocycles. The highest BCUT2D eigenvalue weighted by Gasteiger charge is 2.31. The Kier molecular flexibility index (Phi) is 8.68. The van der Waals surface area contributed by atoms with Crippen LogP contribution in [0.4, 0.5) is 0 Å². The second-order valence-corrected chi connectivity index (χ2v) is 8.65. The zero-order valence-corrected chi connectivity index (χ0v) is 16.4. The van der Waals surface area contributed by atoms with Gasteiger partial charge in [0, 0.05) is 32.7 Å². The summed E-state index contributed by atoms with van der Waals surface area (Å²) in [5, 5.41) is 8.94. The minimum atomic E-state index is -0.110. The highest BCUT2D eigenvalue weighted by atomic mass is 16.5. The molecule has 0 spiro atoms. The van der Waals surface area contributed by atoms with Crippen LogP contribution in [0.15, 0.2) is 0 Å². The standard InChI is InChI=1S/C19H38N2O3/c1-18(2,3)19(4,5)8-6-7-15-24-17(23)16-21-11-9-20(10-12-21)13-14-22/h22H,6-16H2,1-5H3. The fourth-order valence-corrected chi connectivity index (χ4v) is 2.77. The maximum Gasteiger partial charge on any atom is 0.320 e. The van der Waals surface area contributed by atoms with Crippen LogP contribution in [0.1, 0.15) is 53.9 Å². The first kappa shape index (κ1) is 21.4. The van der Waals surface area contributed by atoms with Gasteiger partial charge in [0.1, 0.15) is 0 Å². The lowest BCUT2D eigenvalue weighted by atomic mass is 9.67. The average molecular weight is 343 g/mol. The number of carbonyl (C=O) groups is 1. The molecule has 142 valence electrons. The van der Waals surface area contributed by atoms with Gasteiger partial charge in [-0.25, -0.2) is 0 Å². The van der Waals surface area contributed by atoms with Gasteiger partial charge in [-0.15, -0.1) is 0 Å². The third kappa shape index (κ3) is 7.49. The van der Waals surface area contributed by atoms with Crippen molar-refractivity contribution in [1.82, 2.24) is 9.80 Å². The van der Waals surface area contributed by atoms with E-state index in [1.165, 1.54) is 0 Å². The first-order valence-corrected chi connectivity index (χ1v) is 9.37. The molecule has 1 aliphatic rings. The van der Waals surface area contributed by atoms with Crippen molar-refractivity contribution in [3.05, 3.63) is 0 Å². The van der Waals surface area contributed by atoms with Crippen LogP contribution in [-0.2, 0) is 9.53 Å². The number of unbranched alkanes of at least 4 members (excludes halogenated alkanes) is 1. The van der Waals surface area contributed by atoms with Gasteiger partial charge in [0.05, 0.1) is 19.8 Å². The summed E-state index contributed by atoms with van der Waals surface area (Å²) < 4.78 is 5.39. The number of hydrogen-bond acceptors (Lipinski definition) is 5. The van der Waals surface area contributed by atoms with Crippen molar-refractivity contribution in [3.63, 3.8) is 0 Å². The zero-order chi connectivity index (χ0) is 18.2. The molecule has 1 fully saturated rings. The Labute approximate surface area is 148 Å². The fraction of sp³-hybridized carbons (Fsp3) is 0.947. The van der Waals surface area contributed by atoms with Crippen LogP contribution in [0.3, 0.4) is 0 Å². The molecular formula is C19H38N2O3. The van der Waals surface area contributed by atoms with Gasteiger partial charge in [-0.3, -0.25) is 14.6 Å². The second kappa shape index (κ2) is 9.73. The van der Waals surface area contributed by atoms with Gasteiger partial charge in [-0.1, -0.05) is 34.6 Å². The lowest BCUT2D eigenvalue weighted by Gasteiger charge is -2.39. The lowest BCUT2D eigenvalue weighted by Crippen LogP contribution is -2.48. The molecule has 1 rings (SSSR count). The Morgan fingerprint density at radius 2 is 1.58 bits per heavy atom. The topological polar surface area (TPSA) is 53.0 Å². The largest absolute Gasteiger partial charge is 0.465 e. The van der Waals surface area contributed by atoms with Gasteiger partial charge in [0.15, 0.2) is 0 Å². The van der Waals surface area contributed by atoms with E-state index in [0.717, 1.165) is 52.0 Å². The van der Waals surface area contributed by atoms with E-state index in [9.17, 15) is 4.79 Å². The molecule has 0 atom stereocenters. The zero-order valence-electron chi connectivity index (χ0n) is 16.4. The summed E-state index contributed by atoms with van der Waals surface area (Å²) >= 11 is 0. The molecule has 0 aromatic carbocycles. The normalized spacial score (nSPS) is 17.9. The first-order chi connectivity index (χ1) is 11.2. The van der Waals surface area contributed by atoms with Crippen molar-refractivity contribution in [1.29, 1.82) is 0 Å². The van der Waals surface area contributed by atoms with Gasteiger partial charge in [0.25, 0.3) is 0 Å². The first-order valence-electron chi connectivity index (χ1n) is 9.37. The Hall–Kier alpha value is -0.650. The number of aliphatic hydroxyl groups excluding tert-OH is 1. The molecule has 5 heteroatoms. The molecule has 1 N–H and O–H groups in total. The highest BCUT2D eigenvalue weighted by molar-refractivity contribution is 5.71. The molecule has 0 aromatic rings. The molecule has 1 heterocycles. The van der Waals surface area contributed by atoms with E-state index in [1.807, 2.05) is 0 Å². The highest BCUT2D eigenvalue weighted by Crippen LogP contribution is 2.41. The van der Waals surface area contributed by atoms with E-state index >= 15 is 0 Å². The van der Waals surface area contributed by atoms with Crippen LogP contribution in [-0.4, -0.2) is 73.4 Å². The summed E-state index contributed by atoms with van der Waals surface area (Å²) in [6.07, 6.45) is 3.19. The molecule has 0 aromatic heterocycles. The number of esters is 1.